The monoisotopic (exact) mass is 252 g/mol. The maximum absolute atomic E-state index is 12.5. The molecule has 1 aliphatic rings. The minimum atomic E-state index is -2.87. The van der Waals surface area contributed by atoms with Gasteiger partial charge in [-0.05, 0) is 25.3 Å². The number of hydrogen-bond donors (Lipinski definition) is 1. The van der Waals surface area contributed by atoms with E-state index < -0.39 is 12.5 Å². The highest BCUT2D eigenvalue weighted by atomic mass is 19.3. The summed E-state index contributed by atoms with van der Waals surface area (Å²) in [7, 11) is 0. The molecule has 7 heteroatoms. The molecule has 0 saturated carbocycles. The van der Waals surface area contributed by atoms with Gasteiger partial charge in [0.05, 0.1) is 6.07 Å². The van der Waals surface area contributed by atoms with Gasteiger partial charge in [0.25, 0.3) is 5.91 Å². The fourth-order valence-electron chi connectivity index (χ4n) is 1.86. The van der Waals surface area contributed by atoms with E-state index in [1.54, 1.807) is 0 Å². The molecule has 1 N–H and O–H groups in total. The first-order valence-electron chi connectivity index (χ1n) is 5.38. The number of allylic oxidation sites excluding steroid dienone is 2. The number of rotatable bonds is 3. The van der Waals surface area contributed by atoms with E-state index in [9.17, 15) is 13.6 Å². The van der Waals surface area contributed by atoms with Crippen LogP contribution >= 0.6 is 0 Å². The van der Waals surface area contributed by atoms with Crippen LogP contribution in [0.2, 0.25) is 0 Å². The summed E-state index contributed by atoms with van der Waals surface area (Å²) in [4.78, 5) is 11.8. The van der Waals surface area contributed by atoms with Crippen LogP contribution in [0.4, 0.5) is 8.78 Å². The van der Waals surface area contributed by atoms with Gasteiger partial charge in [0.1, 0.15) is 5.69 Å². The van der Waals surface area contributed by atoms with Crippen LogP contribution in [0.5, 0.6) is 0 Å². The number of carbonyl (C=O) groups excluding carboxylic acids is 1. The van der Waals surface area contributed by atoms with Crippen molar-refractivity contribution in [2.45, 2.75) is 25.8 Å². The van der Waals surface area contributed by atoms with E-state index in [1.807, 2.05) is 6.07 Å². The number of hydrogen-bond acceptors (Lipinski definition) is 3. The molecule has 0 saturated heterocycles. The Balaban J connectivity index is 2.18. The van der Waals surface area contributed by atoms with Crippen LogP contribution in [-0.2, 0) is 0 Å². The van der Waals surface area contributed by atoms with E-state index in [-0.39, 0.29) is 5.69 Å². The molecule has 94 valence electrons. The first kappa shape index (κ1) is 12.2. The van der Waals surface area contributed by atoms with Crippen LogP contribution in [0.3, 0.4) is 0 Å². The van der Waals surface area contributed by atoms with E-state index in [0.717, 1.165) is 12.6 Å². The number of amides is 1. The maximum atomic E-state index is 12.5. The van der Waals surface area contributed by atoms with Crippen LogP contribution in [0, 0.1) is 11.3 Å². The molecule has 1 amide bonds. The van der Waals surface area contributed by atoms with Gasteiger partial charge in [-0.25, -0.2) is 0 Å². The van der Waals surface area contributed by atoms with Crippen LogP contribution < -0.4 is 5.32 Å². The average molecular weight is 252 g/mol. The topological polar surface area (TPSA) is 70.7 Å². The summed E-state index contributed by atoms with van der Waals surface area (Å²) in [5.41, 5.74) is 0.803. The third-order valence-electron chi connectivity index (χ3n) is 2.71. The number of halogens is 2. The predicted octanol–water partition coefficient (Wildman–Crippen LogP) is 1.97. The minimum absolute atomic E-state index is 0.221. The van der Waals surface area contributed by atoms with Crippen molar-refractivity contribution in [2.75, 3.05) is 0 Å². The lowest BCUT2D eigenvalue weighted by Gasteiger charge is -2.08. The molecule has 1 aromatic rings. The second-order valence-electron chi connectivity index (χ2n) is 3.82. The molecule has 18 heavy (non-hydrogen) atoms. The van der Waals surface area contributed by atoms with E-state index in [0.29, 0.717) is 28.8 Å². The molecule has 0 aromatic carbocycles. The van der Waals surface area contributed by atoms with Crippen molar-refractivity contribution >= 4 is 5.91 Å². The Hall–Kier alpha value is -2.23. The Morgan fingerprint density at radius 3 is 3.00 bits per heavy atom. The van der Waals surface area contributed by atoms with Crippen LogP contribution in [0.15, 0.2) is 23.5 Å². The quantitative estimate of drug-likeness (QED) is 0.893. The molecule has 0 spiro atoms. The van der Waals surface area contributed by atoms with Crippen molar-refractivity contribution in [1.29, 1.82) is 5.26 Å². The van der Waals surface area contributed by atoms with Crippen molar-refractivity contribution < 1.29 is 13.6 Å². The lowest BCUT2D eigenvalue weighted by Crippen LogP contribution is -2.26. The number of nitrogens with zero attached hydrogens (tertiary/aromatic N) is 3. The van der Waals surface area contributed by atoms with Crippen LogP contribution in [0.1, 0.15) is 36.3 Å². The summed E-state index contributed by atoms with van der Waals surface area (Å²) in [5, 5.41) is 14.7. The Labute approximate surface area is 102 Å². The molecule has 1 heterocycles. The maximum Gasteiger partial charge on any atom is 0.333 e. The van der Waals surface area contributed by atoms with Crippen molar-refractivity contribution in [3.05, 3.63) is 29.2 Å². The van der Waals surface area contributed by atoms with Gasteiger partial charge in [0, 0.05) is 17.5 Å². The molecule has 2 rings (SSSR count). The summed E-state index contributed by atoms with van der Waals surface area (Å²) in [6, 6.07) is 3.21. The van der Waals surface area contributed by atoms with Gasteiger partial charge in [-0.2, -0.15) is 23.8 Å². The van der Waals surface area contributed by atoms with E-state index in [4.69, 9.17) is 5.26 Å². The van der Waals surface area contributed by atoms with Gasteiger partial charge in [0.2, 0.25) is 0 Å². The van der Waals surface area contributed by atoms with E-state index in [1.165, 1.54) is 6.07 Å². The lowest BCUT2D eigenvalue weighted by atomic mass is 10.2. The Kier molecular flexibility index (Phi) is 3.37. The second kappa shape index (κ2) is 4.96. The number of nitriles is 1. The molecular formula is C11H10F2N4O. The SMILES string of the molecule is N#CC1=C(NC(=O)c2ccnn2C(F)F)CCC1. The van der Waals surface area contributed by atoms with Gasteiger partial charge in [0.15, 0.2) is 0 Å². The van der Waals surface area contributed by atoms with Gasteiger partial charge >= 0.3 is 6.55 Å². The molecule has 1 aliphatic carbocycles. The summed E-state index contributed by atoms with van der Waals surface area (Å²) < 4.78 is 25.4. The smallest absolute Gasteiger partial charge is 0.323 e. The summed E-state index contributed by atoms with van der Waals surface area (Å²) in [6.45, 7) is -2.87. The summed E-state index contributed by atoms with van der Waals surface area (Å²) in [6.07, 6.45) is 3.11. The number of carbonyl (C=O) groups is 1. The Bertz CT molecular complexity index is 541. The highest BCUT2D eigenvalue weighted by Gasteiger charge is 2.21. The predicted molar refractivity (Wildman–Crippen MR) is 57.4 cm³/mol. The normalized spacial score (nSPS) is 15.0. The van der Waals surface area contributed by atoms with Gasteiger partial charge in [-0.3, -0.25) is 4.79 Å². The fraction of sp³-hybridized carbons (Fsp3) is 0.364. The van der Waals surface area contributed by atoms with Crippen molar-refractivity contribution in [3.8, 4) is 6.07 Å². The Morgan fingerprint density at radius 2 is 2.33 bits per heavy atom. The van der Waals surface area contributed by atoms with Gasteiger partial charge in [-0.15, -0.1) is 0 Å². The van der Waals surface area contributed by atoms with Crippen molar-refractivity contribution in [1.82, 2.24) is 15.1 Å². The van der Waals surface area contributed by atoms with Crippen LogP contribution in [0.25, 0.3) is 0 Å². The zero-order valence-corrected chi connectivity index (χ0v) is 9.36. The highest BCUT2D eigenvalue weighted by Crippen LogP contribution is 2.23. The van der Waals surface area contributed by atoms with Crippen molar-refractivity contribution in [2.24, 2.45) is 0 Å². The molecule has 5 nitrogen and oxygen atoms in total. The Morgan fingerprint density at radius 1 is 1.56 bits per heavy atom. The number of nitrogens with one attached hydrogen (secondary N) is 1. The molecule has 0 fully saturated rings. The zero-order chi connectivity index (χ0) is 13.1. The molecule has 0 radical (unpaired) electrons. The number of alkyl halides is 2. The van der Waals surface area contributed by atoms with E-state index in [2.05, 4.69) is 10.4 Å². The average Bonchev–Trinajstić information content (AvgIpc) is 2.96. The van der Waals surface area contributed by atoms with Crippen LogP contribution in [-0.4, -0.2) is 15.7 Å². The third-order valence-corrected chi connectivity index (χ3v) is 2.71. The highest BCUT2D eigenvalue weighted by molar-refractivity contribution is 5.93. The molecule has 0 unspecified atom stereocenters. The summed E-state index contributed by atoms with van der Waals surface area (Å²) >= 11 is 0. The standard InChI is InChI=1S/C11H10F2N4O/c12-11(13)17-9(4-5-15-17)10(18)16-8-3-1-2-7(8)6-14/h4-5,11H,1-3H2,(H,16,18). The zero-order valence-electron chi connectivity index (χ0n) is 9.36. The fourth-order valence-corrected chi connectivity index (χ4v) is 1.86. The largest absolute Gasteiger partial charge is 0.333 e. The van der Waals surface area contributed by atoms with Crippen molar-refractivity contribution in [3.63, 3.8) is 0 Å². The van der Waals surface area contributed by atoms with E-state index >= 15 is 0 Å². The summed E-state index contributed by atoms with van der Waals surface area (Å²) in [5.74, 6) is -0.669. The van der Waals surface area contributed by atoms with Gasteiger partial charge < -0.3 is 5.32 Å². The molecule has 0 aliphatic heterocycles. The second-order valence-corrected chi connectivity index (χ2v) is 3.82. The molecule has 0 atom stereocenters. The third kappa shape index (κ3) is 2.22. The molecular weight excluding hydrogens is 242 g/mol. The number of aromatic nitrogens is 2. The molecule has 0 bridgehead atoms. The minimum Gasteiger partial charge on any atom is -0.323 e. The lowest BCUT2D eigenvalue weighted by molar-refractivity contribution is 0.0511. The molecule has 1 aromatic heterocycles. The first-order chi connectivity index (χ1) is 8.63. The van der Waals surface area contributed by atoms with Gasteiger partial charge in [-0.1, -0.05) is 0 Å². The first-order valence-corrected chi connectivity index (χ1v) is 5.38.